The molecular weight excluding hydrogens is 330 g/mol. The Labute approximate surface area is 132 Å². The van der Waals surface area contributed by atoms with Gasteiger partial charge in [0.05, 0.1) is 10.0 Å². The molecule has 1 heterocycles. The molecule has 0 fully saturated rings. The zero-order valence-electron chi connectivity index (χ0n) is 11.1. The predicted octanol–water partition coefficient (Wildman–Crippen LogP) is 2.85. The van der Waals surface area contributed by atoms with Crippen LogP contribution in [0.1, 0.15) is 11.1 Å². The molecule has 21 heavy (non-hydrogen) atoms. The first-order valence-electron chi connectivity index (χ1n) is 5.91. The Morgan fingerprint density at radius 2 is 2.10 bits per heavy atom. The van der Waals surface area contributed by atoms with Crippen LogP contribution in [0.4, 0.5) is 5.69 Å². The SMILES string of the molecule is Cc1ccc(C#CCO)c(NS(=O)(=O)c2ccc(Cl)s2)c1. The van der Waals surface area contributed by atoms with Crippen LogP contribution in [-0.2, 0) is 10.0 Å². The molecule has 0 aliphatic heterocycles. The molecule has 0 saturated heterocycles. The summed E-state index contributed by atoms with van der Waals surface area (Å²) in [4.78, 5) is 0. The number of nitrogens with one attached hydrogen (secondary N) is 1. The standard InChI is InChI=1S/C14H12ClNO3S2/c1-10-4-5-11(3-2-8-17)12(9-10)16-21(18,19)14-7-6-13(15)20-14/h4-7,9,16-17H,8H2,1H3. The van der Waals surface area contributed by atoms with Crippen molar-refractivity contribution in [3.8, 4) is 11.8 Å². The van der Waals surface area contributed by atoms with Crippen LogP contribution in [0.25, 0.3) is 0 Å². The average molecular weight is 342 g/mol. The fraction of sp³-hybridized carbons (Fsp3) is 0.143. The number of halogens is 1. The van der Waals surface area contributed by atoms with Gasteiger partial charge < -0.3 is 5.11 Å². The smallest absolute Gasteiger partial charge is 0.271 e. The molecule has 1 aromatic carbocycles. The number of anilines is 1. The number of rotatable bonds is 3. The third-order valence-corrected chi connectivity index (χ3v) is 5.62. The van der Waals surface area contributed by atoms with Crippen LogP contribution in [0.3, 0.4) is 0 Å². The normalized spacial score (nSPS) is 10.8. The molecule has 1 aromatic heterocycles. The van der Waals surface area contributed by atoms with E-state index in [9.17, 15) is 8.42 Å². The summed E-state index contributed by atoms with van der Waals surface area (Å²) in [6, 6.07) is 8.19. The van der Waals surface area contributed by atoms with Crippen molar-refractivity contribution < 1.29 is 13.5 Å². The third kappa shape index (κ3) is 3.99. The molecule has 0 radical (unpaired) electrons. The minimum atomic E-state index is -3.70. The molecule has 0 bridgehead atoms. The Bertz CT molecular complexity index is 816. The summed E-state index contributed by atoms with van der Waals surface area (Å²) >= 11 is 6.75. The minimum absolute atomic E-state index is 0.134. The molecule has 0 atom stereocenters. The van der Waals surface area contributed by atoms with Crippen LogP contribution in [0.5, 0.6) is 0 Å². The molecular formula is C14H12ClNO3S2. The lowest BCUT2D eigenvalue weighted by Gasteiger charge is -2.09. The Morgan fingerprint density at radius 1 is 1.33 bits per heavy atom. The number of sulfonamides is 1. The Kier molecular flexibility index (Phi) is 4.91. The number of benzene rings is 1. The van der Waals surface area contributed by atoms with Gasteiger partial charge in [0, 0.05) is 5.56 Å². The molecule has 7 heteroatoms. The van der Waals surface area contributed by atoms with E-state index in [1.807, 2.05) is 13.0 Å². The van der Waals surface area contributed by atoms with Crippen molar-refractivity contribution in [3.63, 3.8) is 0 Å². The zero-order chi connectivity index (χ0) is 15.5. The topological polar surface area (TPSA) is 66.4 Å². The molecule has 2 rings (SSSR count). The van der Waals surface area contributed by atoms with Crippen molar-refractivity contribution >= 4 is 38.6 Å². The van der Waals surface area contributed by atoms with Gasteiger partial charge >= 0.3 is 0 Å². The van der Waals surface area contributed by atoms with Gasteiger partial charge in [0.15, 0.2) is 0 Å². The van der Waals surface area contributed by atoms with Gasteiger partial charge in [-0.15, -0.1) is 11.3 Å². The maximum Gasteiger partial charge on any atom is 0.271 e. The monoisotopic (exact) mass is 341 g/mol. The summed E-state index contributed by atoms with van der Waals surface area (Å²) in [5, 5.41) is 8.76. The lowest BCUT2D eigenvalue weighted by atomic mass is 10.1. The summed E-state index contributed by atoms with van der Waals surface area (Å²) in [7, 11) is -3.70. The first kappa shape index (κ1) is 15.9. The second kappa shape index (κ2) is 6.50. The molecule has 0 aliphatic rings. The van der Waals surface area contributed by atoms with E-state index in [4.69, 9.17) is 16.7 Å². The van der Waals surface area contributed by atoms with E-state index in [0.717, 1.165) is 16.9 Å². The maximum absolute atomic E-state index is 12.3. The van der Waals surface area contributed by atoms with E-state index in [-0.39, 0.29) is 10.8 Å². The first-order valence-corrected chi connectivity index (χ1v) is 8.58. The van der Waals surface area contributed by atoms with Crippen molar-refractivity contribution in [2.75, 3.05) is 11.3 Å². The molecule has 110 valence electrons. The van der Waals surface area contributed by atoms with Gasteiger partial charge in [-0.3, -0.25) is 4.72 Å². The first-order chi connectivity index (χ1) is 9.92. The molecule has 0 spiro atoms. The van der Waals surface area contributed by atoms with Gasteiger partial charge in [-0.1, -0.05) is 29.5 Å². The fourth-order valence-corrected chi connectivity index (χ4v) is 4.18. The number of aryl methyl sites for hydroxylation is 1. The van der Waals surface area contributed by atoms with Crippen molar-refractivity contribution in [2.45, 2.75) is 11.1 Å². The highest BCUT2D eigenvalue weighted by atomic mass is 35.5. The summed E-state index contributed by atoms with van der Waals surface area (Å²) in [6.45, 7) is 1.56. The van der Waals surface area contributed by atoms with Crippen molar-refractivity contribution in [1.82, 2.24) is 0 Å². The second-order valence-electron chi connectivity index (χ2n) is 4.17. The predicted molar refractivity (Wildman–Crippen MR) is 85.3 cm³/mol. The van der Waals surface area contributed by atoms with Crippen LogP contribution in [-0.4, -0.2) is 20.1 Å². The molecule has 0 unspecified atom stereocenters. The zero-order valence-corrected chi connectivity index (χ0v) is 13.4. The minimum Gasteiger partial charge on any atom is -0.384 e. The van der Waals surface area contributed by atoms with Gasteiger partial charge in [-0.25, -0.2) is 8.42 Å². The highest BCUT2D eigenvalue weighted by Gasteiger charge is 2.18. The molecule has 0 aliphatic carbocycles. The maximum atomic E-state index is 12.3. The van der Waals surface area contributed by atoms with E-state index >= 15 is 0 Å². The largest absolute Gasteiger partial charge is 0.384 e. The van der Waals surface area contributed by atoms with Crippen LogP contribution < -0.4 is 4.72 Å². The third-order valence-electron chi connectivity index (χ3n) is 2.53. The average Bonchev–Trinajstić information content (AvgIpc) is 2.85. The highest BCUT2D eigenvalue weighted by Crippen LogP contribution is 2.28. The number of aliphatic hydroxyl groups excluding tert-OH is 1. The van der Waals surface area contributed by atoms with Crippen molar-refractivity contribution in [1.29, 1.82) is 0 Å². The van der Waals surface area contributed by atoms with Gasteiger partial charge in [0.25, 0.3) is 10.0 Å². The Morgan fingerprint density at radius 3 is 2.71 bits per heavy atom. The summed E-state index contributed by atoms with van der Waals surface area (Å²) in [5.74, 6) is 5.23. The Hall–Kier alpha value is -1.52. The highest BCUT2D eigenvalue weighted by molar-refractivity contribution is 7.94. The molecule has 2 N–H and O–H groups in total. The van der Waals surface area contributed by atoms with E-state index < -0.39 is 10.0 Å². The number of aliphatic hydroxyl groups is 1. The van der Waals surface area contributed by atoms with Crippen molar-refractivity contribution in [3.05, 3.63) is 45.8 Å². The number of hydrogen-bond donors (Lipinski definition) is 2. The van der Waals surface area contributed by atoms with Gasteiger partial charge in [0.2, 0.25) is 0 Å². The molecule has 0 amide bonds. The van der Waals surface area contributed by atoms with Crippen LogP contribution in [0.15, 0.2) is 34.5 Å². The van der Waals surface area contributed by atoms with Crippen LogP contribution in [0.2, 0.25) is 4.34 Å². The lowest BCUT2D eigenvalue weighted by Crippen LogP contribution is -2.12. The number of thiophene rings is 1. The van der Waals surface area contributed by atoms with E-state index in [1.165, 1.54) is 12.1 Å². The number of hydrogen-bond acceptors (Lipinski definition) is 4. The lowest BCUT2D eigenvalue weighted by molar-refractivity contribution is 0.350. The van der Waals surface area contributed by atoms with Crippen LogP contribution in [0, 0.1) is 18.8 Å². The van der Waals surface area contributed by atoms with Gasteiger partial charge in [0.1, 0.15) is 10.8 Å². The van der Waals surface area contributed by atoms with Gasteiger partial charge in [-0.05, 0) is 36.8 Å². The quantitative estimate of drug-likeness (QED) is 0.844. The molecule has 4 nitrogen and oxygen atoms in total. The molecule has 2 aromatic rings. The summed E-state index contributed by atoms with van der Waals surface area (Å²) < 4.78 is 27.6. The van der Waals surface area contributed by atoms with Gasteiger partial charge in [-0.2, -0.15) is 0 Å². The Balaban J connectivity index is 2.41. The van der Waals surface area contributed by atoms with Crippen molar-refractivity contribution in [2.24, 2.45) is 0 Å². The molecule has 0 saturated carbocycles. The van der Waals surface area contributed by atoms with E-state index in [2.05, 4.69) is 16.6 Å². The summed E-state index contributed by atoms with van der Waals surface area (Å²) in [5.41, 5.74) is 1.77. The van der Waals surface area contributed by atoms with Crippen LogP contribution >= 0.6 is 22.9 Å². The summed E-state index contributed by atoms with van der Waals surface area (Å²) in [6.07, 6.45) is 0. The fourth-order valence-electron chi connectivity index (χ4n) is 1.62. The van der Waals surface area contributed by atoms with E-state index in [0.29, 0.717) is 15.6 Å². The second-order valence-corrected chi connectivity index (χ2v) is 7.80. The van der Waals surface area contributed by atoms with E-state index in [1.54, 1.807) is 12.1 Å².